The predicted octanol–water partition coefficient (Wildman–Crippen LogP) is 4.00. The molecule has 0 fully saturated rings. The van der Waals surface area contributed by atoms with Crippen LogP contribution in [-0.4, -0.2) is 41.7 Å². The lowest BCUT2D eigenvalue weighted by atomic mass is 10.2. The van der Waals surface area contributed by atoms with Crippen molar-refractivity contribution in [3.05, 3.63) is 52.0 Å². The van der Waals surface area contributed by atoms with E-state index in [0.29, 0.717) is 40.5 Å². The Hall–Kier alpha value is -1.27. The van der Waals surface area contributed by atoms with Crippen LogP contribution < -0.4 is 9.47 Å². The van der Waals surface area contributed by atoms with E-state index >= 15 is 0 Å². The number of hydrogen-bond acceptors (Lipinski definition) is 4. The number of benzene rings is 2. The molecule has 134 valence electrons. The van der Waals surface area contributed by atoms with Gasteiger partial charge >= 0.3 is 0 Å². The van der Waals surface area contributed by atoms with E-state index in [-0.39, 0.29) is 0 Å². The summed E-state index contributed by atoms with van der Waals surface area (Å²) in [5.74, 6) is 2.06. The Kier molecular flexibility index (Phi) is 6.23. The molecule has 0 saturated carbocycles. The summed E-state index contributed by atoms with van der Waals surface area (Å²) in [4.78, 5) is 2.70. The van der Waals surface area contributed by atoms with Gasteiger partial charge in [0.25, 0.3) is 0 Å². The van der Waals surface area contributed by atoms with Gasteiger partial charge in [-0.25, -0.2) is 0 Å². The van der Waals surface area contributed by atoms with Crippen LogP contribution in [0.15, 0.2) is 41.3 Å². The summed E-state index contributed by atoms with van der Waals surface area (Å²) in [6, 6.07) is 11.0. The highest BCUT2D eigenvalue weighted by molar-refractivity contribution is 7.85. The maximum Gasteiger partial charge on any atom is 0.161 e. The number of fused-ring (bicyclic) bond motifs is 1. The lowest BCUT2D eigenvalue weighted by molar-refractivity contribution is 0.171. The first-order valence-corrected chi connectivity index (χ1v) is 10.0. The van der Waals surface area contributed by atoms with Crippen LogP contribution in [0.1, 0.15) is 5.56 Å². The van der Waals surface area contributed by atoms with Crippen molar-refractivity contribution in [1.82, 2.24) is 4.90 Å². The second kappa shape index (κ2) is 8.41. The maximum absolute atomic E-state index is 12.5. The van der Waals surface area contributed by atoms with Crippen LogP contribution in [0.4, 0.5) is 0 Å². The van der Waals surface area contributed by atoms with Crippen LogP contribution in [0.25, 0.3) is 0 Å². The van der Waals surface area contributed by atoms with Crippen LogP contribution in [0.3, 0.4) is 0 Å². The summed E-state index contributed by atoms with van der Waals surface area (Å²) < 4.78 is 23.6. The minimum absolute atomic E-state index is 0.484. The average Bonchev–Trinajstić information content (AvgIpc) is 2.61. The highest BCUT2D eigenvalue weighted by Crippen LogP contribution is 2.31. The molecule has 3 rings (SSSR count). The summed E-state index contributed by atoms with van der Waals surface area (Å²) in [7, 11) is 0.805. The zero-order valence-electron chi connectivity index (χ0n) is 13.8. The molecule has 4 nitrogen and oxygen atoms in total. The van der Waals surface area contributed by atoms with Crippen LogP contribution in [-0.2, 0) is 17.3 Å². The smallest absolute Gasteiger partial charge is 0.161 e. The molecule has 1 aliphatic heterocycles. The molecule has 0 bridgehead atoms. The van der Waals surface area contributed by atoms with E-state index in [4.69, 9.17) is 32.7 Å². The van der Waals surface area contributed by atoms with Crippen molar-refractivity contribution in [2.24, 2.45) is 0 Å². The van der Waals surface area contributed by atoms with Crippen molar-refractivity contribution < 1.29 is 13.7 Å². The molecule has 0 spiro atoms. The summed E-state index contributed by atoms with van der Waals surface area (Å²) in [5.41, 5.74) is 1.12. The molecule has 2 aromatic rings. The van der Waals surface area contributed by atoms with Gasteiger partial charge in [-0.05, 0) is 42.9 Å². The fourth-order valence-electron chi connectivity index (χ4n) is 2.58. The quantitative estimate of drug-likeness (QED) is 0.735. The normalized spacial score (nSPS) is 14.6. The second-order valence-electron chi connectivity index (χ2n) is 5.84. The Bertz CT molecular complexity index is 785. The standard InChI is InChI=1S/C18H19Cl2NO3S/c1-21(6-9-25(22)18-11-14(19)3-4-15(18)20)12-13-2-5-16-17(10-13)24-8-7-23-16/h2-5,10-11H,6-9,12H2,1H3. The van der Waals surface area contributed by atoms with E-state index in [9.17, 15) is 4.21 Å². The Morgan fingerprint density at radius 2 is 1.84 bits per heavy atom. The van der Waals surface area contributed by atoms with Crippen LogP contribution >= 0.6 is 23.2 Å². The first-order chi connectivity index (χ1) is 12.0. The molecular formula is C18H19Cl2NO3S. The Balaban J connectivity index is 1.56. The Morgan fingerprint density at radius 3 is 2.64 bits per heavy atom. The Labute approximate surface area is 160 Å². The summed E-state index contributed by atoms with van der Waals surface area (Å²) in [6.07, 6.45) is 0. The van der Waals surface area contributed by atoms with E-state index in [2.05, 4.69) is 4.90 Å². The third kappa shape index (κ3) is 4.88. The SMILES string of the molecule is CN(CCS(=O)c1cc(Cl)ccc1Cl)Cc1ccc2c(c1)OCCO2. The van der Waals surface area contributed by atoms with Crippen molar-refractivity contribution in [3.8, 4) is 11.5 Å². The molecule has 1 aliphatic rings. The van der Waals surface area contributed by atoms with E-state index in [0.717, 1.165) is 23.6 Å². The molecule has 0 radical (unpaired) electrons. The van der Waals surface area contributed by atoms with Crippen LogP contribution in [0.2, 0.25) is 10.0 Å². The van der Waals surface area contributed by atoms with E-state index in [1.165, 1.54) is 0 Å². The molecule has 1 unspecified atom stereocenters. The van der Waals surface area contributed by atoms with E-state index in [1.807, 2.05) is 25.2 Å². The van der Waals surface area contributed by atoms with Gasteiger partial charge in [0.1, 0.15) is 13.2 Å². The molecule has 0 aromatic heterocycles. The Morgan fingerprint density at radius 1 is 1.08 bits per heavy atom. The fraction of sp³-hybridized carbons (Fsp3) is 0.333. The van der Waals surface area contributed by atoms with Gasteiger partial charge in [0.05, 0.1) is 20.7 Å². The third-order valence-corrected chi connectivity index (χ3v) is 5.91. The van der Waals surface area contributed by atoms with Crippen LogP contribution in [0.5, 0.6) is 11.5 Å². The highest BCUT2D eigenvalue weighted by Gasteiger charge is 2.14. The minimum atomic E-state index is -1.19. The van der Waals surface area contributed by atoms with Crippen molar-refractivity contribution in [3.63, 3.8) is 0 Å². The molecule has 0 saturated heterocycles. The third-order valence-electron chi connectivity index (χ3n) is 3.86. The van der Waals surface area contributed by atoms with Crippen molar-refractivity contribution in [2.45, 2.75) is 11.4 Å². The summed E-state index contributed by atoms with van der Waals surface area (Å²) in [6.45, 7) is 2.57. The number of hydrogen-bond donors (Lipinski definition) is 0. The van der Waals surface area contributed by atoms with Gasteiger partial charge in [-0.3, -0.25) is 4.21 Å². The first-order valence-electron chi connectivity index (χ1n) is 7.93. The minimum Gasteiger partial charge on any atom is -0.486 e. The number of ether oxygens (including phenoxy) is 2. The number of rotatable bonds is 6. The molecule has 2 aromatic carbocycles. The van der Waals surface area contributed by atoms with Crippen molar-refractivity contribution in [2.75, 3.05) is 32.6 Å². The van der Waals surface area contributed by atoms with Gasteiger partial charge in [0.15, 0.2) is 11.5 Å². The molecule has 0 aliphatic carbocycles. The summed E-state index contributed by atoms with van der Waals surface area (Å²) in [5, 5.41) is 1.02. The lowest BCUT2D eigenvalue weighted by Crippen LogP contribution is -2.23. The van der Waals surface area contributed by atoms with Crippen molar-refractivity contribution in [1.29, 1.82) is 0 Å². The van der Waals surface area contributed by atoms with Crippen LogP contribution in [0, 0.1) is 0 Å². The van der Waals surface area contributed by atoms with Gasteiger partial charge in [-0.15, -0.1) is 0 Å². The van der Waals surface area contributed by atoms with Gasteiger partial charge in [0, 0.05) is 23.9 Å². The molecule has 1 atom stereocenters. The molecule has 0 amide bonds. The summed E-state index contributed by atoms with van der Waals surface area (Å²) >= 11 is 12.1. The van der Waals surface area contributed by atoms with E-state index in [1.54, 1.807) is 18.2 Å². The molecular weight excluding hydrogens is 381 g/mol. The number of nitrogens with zero attached hydrogens (tertiary/aromatic N) is 1. The molecule has 25 heavy (non-hydrogen) atoms. The van der Waals surface area contributed by atoms with Gasteiger partial charge in [0.2, 0.25) is 0 Å². The zero-order chi connectivity index (χ0) is 17.8. The zero-order valence-corrected chi connectivity index (χ0v) is 16.2. The molecule has 1 heterocycles. The number of halogens is 2. The fourth-order valence-corrected chi connectivity index (χ4v) is 4.43. The van der Waals surface area contributed by atoms with Crippen molar-refractivity contribution >= 4 is 34.0 Å². The largest absolute Gasteiger partial charge is 0.486 e. The van der Waals surface area contributed by atoms with E-state index < -0.39 is 10.8 Å². The highest BCUT2D eigenvalue weighted by atomic mass is 35.5. The second-order valence-corrected chi connectivity index (χ2v) is 8.22. The topological polar surface area (TPSA) is 38.8 Å². The maximum atomic E-state index is 12.5. The monoisotopic (exact) mass is 399 g/mol. The first kappa shape index (κ1) is 18.5. The van der Waals surface area contributed by atoms with Gasteiger partial charge in [-0.2, -0.15) is 0 Å². The average molecular weight is 400 g/mol. The lowest BCUT2D eigenvalue weighted by Gasteiger charge is -2.21. The molecule has 7 heteroatoms. The van der Waals surface area contributed by atoms with Gasteiger partial charge < -0.3 is 14.4 Å². The van der Waals surface area contributed by atoms with Gasteiger partial charge in [-0.1, -0.05) is 29.3 Å². The molecule has 0 N–H and O–H groups in total. The predicted molar refractivity (Wildman–Crippen MR) is 102 cm³/mol.